The van der Waals surface area contributed by atoms with Crippen LogP contribution in [0.15, 0.2) is 24.3 Å². The van der Waals surface area contributed by atoms with Gasteiger partial charge in [0.2, 0.25) is 0 Å². The van der Waals surface area contributed by atoms with Crippen LogP contribution in [0.5, 0.6) is 0 Å². The first-order valence-corrected chi connectivity index (χ1v) is 11.9. The summed E-state index contributed by atoms with van der Waals surface area (Å²) < 4.78 is 26.6. The molecule has 27 heavy (non-hydrogen) atoms. The number of nitrogens with two attached hydrogens (primary N) is 1. The van der Waals surface area contributed by atoms with Crippen molar-refractivity contribution in [3.05, 3.63) is 57.9 Å². The van der Waals surface area contributed by atoms with Crippen molar-refractivity contribution in [3.8, 4) is 11.1 Å². The number of carbonyl (C=O) groups is 1. The fraction of sp³-hybridized carbons (Fsp3) is 0.409. The molecule has 0 spiro atoms. The molecule has 2 N–H and O–H groups in total. The van der Waals surface area contributed by atoms with E-state index in [1.807, 2.05) is 12.1 Å². The molecule has 0 radical (unpaired) electrons. The Morgan fingerprint density at radius 2 is 1.74 bits per heavy atom. The minimum atomic E-state index is -0.580. The Kier molecular flexibility index (Phi) is 7.79. The van der Waals surface area contributed by atoms with Crippen molar-refractivity contribution >= 4 is 5.97 Å². The van der Waals surface area contributed by atoms with E-state index < -0.39 is 21.5 Å². The topological polar surface area (TPSA) is 52.3 Å². The molecule has 0 fully saturated rings. The van der Waals surface area contributed by atoms with Crippen LogP contribution in [0.2, 0.25) is 0 Å². The summed E-state index contributed by atoms with van der Waals surface area (Å²) in [7, 11) is 0. The third-order valence-electron chi connectivity index (χ3n) is 4.68. The van der Waals surface area contributed by atoms with Crippen molar-refractivity contribution in [1.82, 2.24) is 0 Å². The number of benzene rings is 2. The second kappa shape index (κ2) is 9.64. The molecule has 2 rings (SSSR count). The summed E-state index contributed by atoms with van der Waals surface area (Å²) in [6.07, 6.45) is 0.163. The minimum absolute atomic E-state index is 0.163. The summed E-state index contributed by atoms with van der Waals surface area (Å²) in [4.78, 5) is 12.0. The molecule has 0 amide bonds. The molecule has 0 bridgehead atoms. The van der Waals surface area contributed by atoms with Crippen LogP contribution in [0.25, 0.3) is 11.1 Å². The Morgan fingerprint density at radius 1 is 1.11 bits per heavy atom. The quantitative estimate of drug-likeness (QED) is 0.282. The molecule has 1 atom stereocenters. The van der Waals surface area contributed by atoms with Gasteiger partial charge < -0.3 is 0 Å². The maximum atomic E-state index is 15.0. The van der Waals surface area contributed by atoms with Gasteiger partial charge in [0.1, 0.15) is 0 Å². The van der Waals surface area contributed by atoms with E-state index in [-0.39, 0.29) is 24.1 Å². The van der Waals surface area contributed by atoms with Gasteiger partial charge in [-0.3, -0.25) is 0 Å². The summed E-state index contributed by atoms with van der Waals surface area (Å²) in [6, 6.07) is 8.07. The van der Waals surface area contributed by atoms with Gasteiger partial charge in [0.15, 0.2) is 0 Å². The van der Waals surface area contributed by atoms with E-state index >= 15 is 0 Å². The Bertz CT molecular complexity index is 812. The van der Waals surface area contributed by atoms with Gasteiger partial charge in [-0.2, -0.15) is 0 Å². The molecule has 1 unspecified atom stereocenters. The Morgan fingerprint density at radius 3 is 2.30 bits per heavy atom. The van der Waals surface area contributed by atoms with Gasteiger partial charge >= 0.3 is 172 Å². The fourth-order valence-corrected chi connectivity index (χ4v) is 5.05. The maximum absolute atomic E-state index is 15.0. The first-order chi connectivity index (χ1) is 12.8. The van der Waals surface area contributed by atoms with E-state index in [9.17, 15) is 9.18 Å². The molecule has 2 aromatic carbocycles. The second-order valence-electron chi connectivity index (χ2n) is 6.98. The van der Waals surface area contributed by atoms with E-state index in [1.54, 1.807) is 13.8 Å². The summed E-state index contributed by atoms with van der Waals surface area (Å²) in [5, 5.41) is 0. The Labute approximate surface area is 172 Å². The molecular weight excluding hydrogens is 456 g/mol. The predicted molar refractivity (Wildman–Crippen MR) is 104 cm³/mol. The van der Waals surface area contributed by atoms with Gasteiger partial charge in [-0.05, 0) is 0 Å². The number of halogens is 2. The molecule has 0 saturated heterocycles. The molecule has 2 aromatic rings. The van der Waals surface area contributed by atoms with Crippen LogP contribution >= 0.6 is 0 Å². The molecular formula is C22H28FINO2-. The molecule has 0 aliphatic rings. The van der Waals surface area contributed by atoms with Gasteiger partial charge in [-0.1, -0.05) is 0 Å². The average Bonchev–Trinajstić information content (AvgIpc) is 2.56. The van der Waals surface area contributed by atoms with Gasteiger partial charge in [0, 0.05) is 0 Å². The van der Waals surface area contributed by atoms with E-state index in [2.05, 4.69) is 32.9 Å². The second-order valence-corrected chi connectivity index (χ2v) is 8.75. The Balaban J connectivity index is 2.56. The predicted octanol–water partition coefficient (Wildman–Crippen LogP) is 1.73. The number of rotatable bonds is 7. The van der Waals surface area contributed by atoms with E-state index in [0.29, 0.717) is 22.2 Å². The van der Waals surface area contributed by atoms with Gasteiger partial charge in [0.05, 0.1) is 0 Å². The number of ether oxygens (including phenoxy) is 1. The van der Waals surface area contributed by atoms with Crippen LogP contribution in [0, 0.1) is 33.5 Å². The standard InChI is InChI=1S/C22H28FINO2/c1-6-27-20(26)11-18(12-24-25)19-10-17(9-16(5)22(19)23)21-14(3)7-13(2)8-15(21)4/h7-10,18H,6,11-12,25H2,1-5H3/q-1. The van der Waals surface area contributed by atoms with E-state index in [0.717, 1.165) is 22.3 Å². The normalized spacial score (nSPS) is 12.3. The van der Waals surface area contributed by atoms with Gasteiger partial charge in [-0.15, -0.1) is 0 Å². The molecule has 5 heteroatoms. The fourth-order valence-electron chi connectivity index (χ4n) is 3.65. The van der Waals surface area contributed by atoms with Gasteiger partial charge in [-0.25, -0.2) is 0 Å². The summed E-state index contributed by atoms with van der Waals surface area (Å²) in [5.74, 6) is -0.787. The van der Waals surface area contributed by atoms with Crippen molar-refractivity contribution in [1.29, 1.82) is 0 Å². The number of alkyl halides is 1. The van der Waals surface area contributed by atoms with Gasteiger partial charge in [0.25, 0.3) is 0 Å². The zero-order valence-electron chi connectivity index (χ0n) is 16.7. The number of hydrogen-bond acceptors (Lipinski definition) is 3. The molecule has 0 heterocycles. The zero-order valence-corrected chi connectivity index (χ0v) is 18.8. The number of carbonyl (C=O) groups excluding carboxylic acids is 1. The summed E-state index contributed by atoms with van der Waals surface area (Å²) >= 11 is -0.580. The van der Waals surface area contributed by atoms with Crippen molar-refractivity contribution in [3.63, 3.8) is 0 Å². The molecule has 0 aliphatic carbocycles. The van der Waals surface area contributed by atoms with Crippen LogP contribution in [0.1, 0.15) is 47.1 Å². The number of esters is 1. The van der Waals surface area contributed by atoms with Crippen molar-refractivity contribution in [2.45, 2.75) is 47.0 Å². The Hall–Kier alpha value is -1.47. The summed E-state index contributed by atoms with van der Waals surface area (Å²) in [5.41, 5.74) is 6.81. The zero-order chi connectivity index (χ0) is 20.1. The molecule has 0 saturated carbocycles. The molecule has 0 aromatic heterocycles. The first-order valence-electron chi connectivity index (χ1n) is 9.10. The van der Waals surface area contributed by atoms with Crippen molar-refractivity contribution in [2.24, 2.45) is 3.95 Å². The van der Waals surface area contributed by atoms with Crippen molar-refractivity contribution in [2.75, 3.05) is 11.0 Å². The van der Waals surface area contributed by atoms with Crippen LogP contribution in [0.4, 0.5) is 4.39 Å². The van der Waals surface area contributed by atoms with Crippen LogP contribution in [-0.4, -0.2) is 17.0 Å². The third-order valence-corrected chi connectivity index (χ3v) is 6.25. The van der Waals surface area contributed by atoms with Crippen LogP contribution < -0.4 is 25.4 Å². The van der Waals surface area contributed by atoms with E-state index in [1.165, 1.54) is 5.56 Å². The number of aryl methyl sites for hydroxylation is 4. The number of hydrogen-bond donors (Lipinski definition) is 1. The monoisotopic (exact) mass is 484 g/mol. The van der Waals surface area contributed by atoms with Crippen LogP contribution in [0.3, 0.4) is 0 Å². The SMILES string of the molecule is CCOC(=O)CC(C[I-]N)c1cc(-c2c(C)cc(C)cc2C)cc(C)c1F. The average molecular weight is 484 g/mol. The third kappa shape index (κ3) is 5.29. The molecule has 0 aliphatic heterocycles. The first kappa shape index (κ1) is 21.8. The van der Waals surface area contributed by atoms with Crippen LogP contribution in [-0.2, 0) is 9.53 Å². The van der Waals surface area contributed by atoms with Crippen molar-refractivity contribution < 1.29 is 35.4 Å². The van der Waals surface area contributed by atoms with E-state index in [4.69, 9.17) is 8.68 Å². The molecule has 148 valence electrons. The molecule has 3 nitrogen and oxygen atoms in total. The summed E-state index contributed by atoms with van der Waals surface area (Å²) in [6.45, 7) is 10.1.